The molecule has 5 rings (SSSR count). The van der Waals surface area contributed by atoms with Gasteiger partial charge < -0.3 is 14.6 Å². The summed E-state index contributed by atoms with van der Waals surface area (Å²) in [5, 5.41) is 2.25. The van der Waals surface area contributed by atoms with Crippen LogP contribution in [0.2, 0.25) is 5.28 Å². The van der Waals surface area contributed by atoms with Gasteiger partial charge >= 0.3 is 6.09 Å². The molecule has 0 aliphatic carbocycles. The Morgan fingerprint density at radius 1 is 1.14 bits per heavy atom. The van der Waals surface area contributed by atoms with Gasteiger partial charge in [-0.1, -0.05) is 0 Å². The monoisotopic (exact) mass is 413 g/mol. The summed E-state index contributed by atoms with van der Waals surface area (Å²) in [6.07, 6.45) is 3.63. The standard InChI is InChI=1S/C21H24ClN5O2/c1-21(2,3)29-20(28)27-12-4-5-13(27)11-26(10-12)18-15-6-7-16-14(8-9-23-16)17(15)24-19(22)25-18/h6-9,12-13,23H,4-5,10-11H2,1-3H3/t12-,13+. The first kappa shape index (κ1) is 18.5. The molecular formula is C21H24ClN5O2. The third kappa shape index (κ3) is 3.17. The second kappa shape index (κ2) is 6.49. The van der Waals surface area contributed by atoms with E-state index < -0.39 is 5.60 Å². The van der Waals surface area contributed by atoms with E-state index >= 15 is 0 Å². The lowest BCUT2D eigenvalue weighted by Crippen LogP contribution is -2.57. The number of carbonyl (C=O) groups excluding carboxylic acids is 1. The predicted molar refractivity (Wildman–Crippen MR) is 114 cm³/mol. The number of nitrogens with zero attached hydrogens (tertiary/aromatic N) is 4. The third-order valence-electron chi connectivity index (χ3n) is 5.74. The number of aromatic nitrogens is 3. The molecule has 0 spiro atoms. The van der Waals surface area contributed by atoms with Gasteiger partial charge in [0, 0.05) is 35.6 Å². The lowest BCUT2D eigenvalue weighted by molar-refractivity contribution is 0.0123. The highest BCUT2D eigenvalue weighted by Crippen LogP contribution is 2.37. The molecule has 3 aromatic rings. The molecule has 2 aliphatic rings. The molecule has 2 bridgehead atoms. The molecule has 1 amide bonds. The topological polar surface area (TPSA) is 74.3 Å². The van der Waals surface area contributed by atoms with Crippen LogP contribution >= 0.6 is 11.6 Å². The number of H-pyrrole nitrogens is 1. The molecule has 152 valence electrons. The van der Waals surface area contributed by atoms with E-state index in [-0.39, 0.29) is 23.5 Å². The summed E-state index contributed by atoms with van der Waals surface area (Å²) in [6.45, 7) is 7.13. The summed E-state index contributed by atoms with van der Waals surface area (Å²) >= 11 is 6.31. The van der Waals surface area contributed by atoms with Gasteiger partial charge in [-0.3, -0.25) is 4.90 Å². The molecule has 2 atom stereocenters. The zero-order valence-corrected chi connectivity index (χ0v) is 17.5. The quantitative estimate of drug-likeness (QED) is 0.600. The summed E-state index contributed by atoms with van der Waals surface area (Å²) < 4.78 is 5.65. The van der Waals surface area contributed by atoms with Gasteiger partial charge in [0.25, 0.3) is 0 Å². The van der Waals surface area contributed by atoms with Crippen LogP contribution in [0.15, 0.2) is 24.4 Å². The molecule has 2 aliphatic heterocycles. The number of halogens is 1. The van der Waals surface area contributed by atoms with Crippen LogP contribution in [0.3, 0.4) is 0 Å². The number of rotatable bonds is 1. The van der Waals surface area contributed by atoms with Gasteiger partial charge in [0.05, 0.1) is 17.6 Å². The molecule has 0 unspecified atom stereocenters. The van der Waals surface area contributed by atoms with Crippen molar-refractivity contribution in [2.24, 2.45) is 0 Å². The Labute approximate surface area is 174 Å². The van der Waals surface area contributed by atoms with Gasteiger partial charge in [0.1, 0.15) is 11.4 Å². The summed E-state index contributed by atoms with van der Waals surface area (Å²) in [4.78, 5) is 29.2. The Morgan fingerprint density at radius 2 is 1.86 bits per heavy atom. The van der Waals surface area contributed by atoms with Gasteiger partial charge in [-0.2, -0.15) is 4.98 Å². The van der Waals surface area contributed by atoms with Gasteiger partial charge in [-0.15, -0.1) is 0 Å². The van der Waals surface area contributed by atoms with Crippen molar-refractivity contribution in [1.29, 1.82) is 0 Å². The summed E-state index contributed by atoms with van der Waals surface area (Å²) in [6, 6.07) is 6.33. The normalized spacial score (nSPS) is 21.9. The highest BCUT2D eigenvalue weighted by atomic mass is 35.5. The number of anilines is 1. The molecule has 0 radical (unpaired) electrons. The molecule has 2 aromatic heterocycles. The highest BCUT2D eigenvalue weighted by Gasteiger charge is 2.44. The largest absolute Gasteiger partial charge is 0.444 e. The van der Waals surface area contributed by atoms with Crippen molar-refractivity contribution < 1.29 is 9.53 Å². The van der Waals surface area contributed by atoms with Crippen LogP contribution < -0.4 is 4.90 Å². The van der Waals surface area contributed by atoms with Gasteiger partial charge in [-0.05, 0) is 63.4 Å². The van der Waals surface area contributed by atoms with Gasteiger partial charge in [0.2, 0.25) is 5.28 Å². The number of carbonyl (C=O) groups is 1. The van der Waals surface area contributed by atoms with Crippen LogP contribution in [0.1, 0.15) is 33.6 Å². The first-order chi connectivity index (χ1) is 13.8. The molecule has 0 saturated carbocycles. The number of fused-ring (bicyclic) bond motifs is 5. The van der Waals surface area contributed by atoms with Crippen LogP contribution in [0.4, 0.5) is 10.6 Å². The van der Waals surface area contributed by atoms with Gasteiger partial charge in [-0.25, -0.2) is 9.78 Å². The lowest BCUT2D eigenvalue weighted by Gasteiger charge is -2.42. The zero-order chi connectivity index (χ0) is 20.3. The van der Waals surface area contributed by atoms with Crippen LogP contribution in [0, 0.1) is 0 Å². The van der Waals surface area contributed by atoms with Crippen LogP contribution in [0.25, 0.3) is 21.8 Å². The number of aromatic amines is 1. The average Bonchev–Trinajstić information content (AvgIpc) is 3.22. The Bertz CT molecular complexity index is 1090. The zero-order valence-electron chi connectivity index (χ0n) is 16.8. The van der Waals surface area contributed by atoms with E-state index in [1.54, 1.807) is 0 Å². The second-order valence-corrected chi connectivity index (χ2v) is 9.23. The van der Waals surface area contributed by atoms with E-state index in [4.69, 9.17) is 16.3 Å². The fourth-order valence-corrected chi connectivity index (χ4v) is 4.78. The average molecular weight is 414 g/mol. The number of nitrogens with one attached hydrogen (secondary N) is 1. The van der Waals surface area contributed by atoms with E-state index in [0.717, 1.165) is 40.5 Å². The van der Waals surface area contributed by atoms with Gasteiger partial charge in [0.15, 0.2) is 0 Å². The first-order valence-electron chi connectivity index (χ1n) is 10.00. The van der Waals surface area contributed by atoms with E-state index in [0.29, 0.717) is 13.1 Å². The Hall–Kier alpha value is -2.54. The third-order valence-corrected chi connectivity index (χ3v) is 5.90. The predicted octanol–water partition coefficient (Wildman–Crippen LogP) is 4.35. The van der Waals surface area contributed by atoms with Crippen molar-refractivity contribution in [3.63, 3.8) is 0 Å². The summed E-state index contributed by atoms with van der Waals surface area (Å²) in [5.74, 6) is 0.837. The van der Waals surface area contributed by atoms with E-state index in [1.165, 1.54) is 0 Å². The molecule has 4 heterocycles. The molecule has 7 nitrogen and oxygen atoms in total. The molecule has 8 heteroatoms. The maximum Gasteiger partial charge on any atom is 0.410 e. The Balaban J connectivity index is 1.49. The highest BCUT2D eigenvalue weighted by molar-refractivity contribution is 6.29. The number of benzene rings is 1. The Kier molecular flexibility index (Phi) is 4.13. The minimum absolute atomic E-state index is 0.114. The van der Waals surface area contributed by atoms with Crippen molar-refractivity contribution in [2.75, 3.05) is 18.0 Å². The van der Waals surface area contributed by atoms with Crippen LogP contribution in [0.5, 0.6) is 0 Å². The second-order valence-electron chi connectivity index (χ2n) is 8.89. The molecule has 2 fully saturated rings. The van der Waals surface area contributed by atoms with E-state index in [2.05, 4.69) is 19.9 Å². The smallest absolute Gasteiger partial charge is 0.410 e. The van der Waals surface area contributed by atoms with Crippen molar-refractivity contribution in [1.82, 2.24) is 19.9 Å². The summed E-state index contributed by atoms with van der Waals surface area (Å²) in [5.41, 5.74) is 1.38. The van der Waals surface area contributed by atoms with E-state index in [1.807, 2.05) is 50.1 Å². The minimum Gasteiger partial charge on any atom is -0.444 e. The Morgan fingerprint density at radius 3 is 2.55 bits per heavy atom. The maximum atomic E-state index is 12.7. The molecule has 1 N–H and O–H groups in total. The number of ether oxygens (including phenoxy) is 1. The van der Waals surface area contributed by atoms with Crippen molar-refractivity contribution in [3.05, 3.63) is 29.7 Å². The fraction of sp³-hybridized carbons (Fsp3) is 0.476. The maximum absolute atomic E-state index is 12.7. The fourth-order valence-electron chi connectivity index (χ4n) is 4.61. The number of amides is 1. The van der Waals surface area contributed by atoms with Crippen molar-refractivity contribution in [3.8, 4) is 0 Å². The van der Waals surface area contributed by atoms with Crippen LogP contribution in [-0.4, -0.2) is 56.7 Å². The van der Waals surface area contributed by atoms with Crippen molar-refractivity contribution >= 4 is 45.3 Å². The number of hydrogen-bond donors (Lipinski definition) is 1. The molecule has 1 aromatic carbocycles. The van der Waals surface area contributed by atoms with E-state index in [9.17, 15) is 4.79 Å². The minimum atomic E-state index is -0.494. The molecular weight excluding hydrogens is 390 g/mol. The number of hydrogen-bond acceptors (Lipinski definition) is 5. The SMILES string of the molecule is CC(C)(C)OC(=O)N1[C@@H]2CC[C@H]1CN(c1nc(Cl)nc3c1ccc1[nH]ccc13)C2. The van der Waals surface area contributed by atoms with Crippen LogP contribution in [-0.2, 0) is 4.74 Å². The first-order valence-corrected chi connectivity index (χ1v) is 10.4. The molecule has 29 heavy (non-hydrogen) atoms. The van der Waals surface area contributed by atoms with Crippen molar-refractivity contribution in [2.45, 2.75) is 51.3 Å². The number of piperazine rings is 1. The summed E-state index contributed by atoms with van der Waals surface area (Å²) in [7, 11) is 0. The molecule has 2 saturated heterocycles. The lowest BCUT2D eigenvalue weighted by atomic mass is 10.1.